The lowest BCUT2D eigenvalue weighted by Crippen LogP contribution is -2.48. The van der Waals surface area contributed by atoms with Crippen LogP contribution in [0.5, 0.6) is 0 Å². The van der Waals surface area contributed by atoms with Gasteiger partial charge in [-0.25, -0.2) is 0 Å². The van der Waals surface area contributed by atoms with Crippen LogP contribution in [-0.4, -0.2) is 66.9 Å². The Kier molecular flexibility index (Phi) is 8.28. The minimum atomic E-state index is -0.102. The van der Waals surface area contributed by atoms with Gasteiger partial charge >= 0.3 is 0 Å². The Hall–Kier alpha value is -2.96. The largest absolute Gasteiger partial charge is 0.349 e. The average Bonchev–Trinajstić information content (AvgIpc) is 3.34. The number of rotatable bonds is 8. The minimum Gasteiger partial charge on any atom is -0.349 e. The van der Waals surface area contributed by atoms with Crippen molar-refractivity contribution in [3.63, 3.8) is 0 Å². The van der Waals surface area contributed by atoms with Crippen molar-refractivity contribution >= 4 is 23.6 Å². The third kappa shape index (κ3) is 7.01. The van der Waals surface area contributed by atoms with Gasteiger partial charge in [-0.05, 0) is 30.5 Å². The van der Waals surface area contributed by atoms with Crippen LogP contribution in [0.4, 0.5) is 5.69 Å². The number of para-hydroxylation sites is 1. The van der Waals surface area contributed by atoms with Crippen molar-refractivity contribution in [2.24, 2.45) is 0 Å². The molecule has 0 aromatic heterocycles. The quantitative estimate of drug-likeness (QED) is 0.650. The molecule has 0 atom stereocenters. The zero-order valence-corrected chi connectivity index (χ0v) is 19.2. The molecule has 2 amide bonds. The summed E-state index contributed by atoms with van der Waals surface area (Å²) in [6, 6.07) is 17.8. The first-order valence-corrected chi connectivity index (χ1v) is 12.0. The number of anilines is 1. The number of nitrogens with zero attached hydrogens (tertiary/aromatic N) is 2. The van der Waals surface area contributed by atoms with Gasteiger partial charge in [-0.15, -0.1) is 0 Å². The number of carbonyl (C=O) groups excluding carboxylic acids is 2. The number of hydrogen-bond acceptors (Lipinski definition) is 4. The van der Waals surface area contributed by atoms with Crippen molar-refractivity contribution < 1.29 is 9.59 Å². The van der Waals surface area contributed by atoms with E-state index in [4.69, 9.17) is 0 Å². The van der Waals surface area contributed by atoms with E-state index in [-0.39, 0.29) is 17.9 Å². The van der Waals surface area contributed by atoms with E-state index in [1.807, 2.05) is 30.3 Å². The Bertz CT molecular complexity index is 946. The number of hydrogen-bond donors (Lipinski definition) is 2. The van der Waals surface area contributed by atoms with Crippen LogP contribution >= 0.6 is 0 Å². The third-order valence-electron chi connectivity index (χ3n) is 6.44. The van der Waals surface area contributed by atoms with Crippen molar-refractivity contribution in [2.45, 2.75) is 31.7 Å². The van der Waals surface area contributed by atoms with Gasteiger partial charge in [-0.1, -0.05) is 67.5 Å². The van der Waals surface area contributed by atoms with Crippen LogP contribution in [0.3, 0.4) is 0 Å². The SMILES string of the molecule is O=C(CN1CCN(C/C=C/c2ccccc2)CC1)Nc1ccccc1C(=O)NC1CCCC1. The number of amides is 2. The molecule has 174 valence electrons. The van der Waals surface area contributed by atoms with Gasteiger partial charge in [0.25, 0.3) is 5.91 Å². The summed E-state index contributed by atoms with van der Waals surface area (Å²) in [5, 5.41) is 6.07. The number of nitrogens with one attached hydrogen (secondary N) is 2. The van der Waals surface area contributed by atoms with Crippen molar-refractivity contribution in [2.75, 3.05) is 44.6 Å². The first-order valence-electron chi connectivity index (χ1n) is 12.0. The second-order valence-corrected chi connectivity index (χ2v) is 8.94. The fourth-order valence-electron chi connectivity index (χ4n) is 4.55. The van der Waals surface area contributed by atoms with Gasteiger partial charge in [-0.2, -0.15) is 0 Å². The third-order valence-corrected chi connectivity index (χ3v) is 6.44. The molecule has 0 spiro atoms. The van der Waals surface area contributed by atoms with Crippen LogP contribution in [0.25, 0.3) is 6.08 Å². The van der Waals surface area contributed by atoms with E-state index in [1.165, 1.54) is 18.4 Å². The van der Waals surface area contributed by atoms with Crippen molar-refractivity contribution in [1.29, 1.82) is 0 Å². The lowest BCUT2D eigenvalue weighted by molar-refractivity contribution is -0.117. The van der Waals surface area contributed by atoms with Crippen LogP contribution < -0.4 is 10.6 Å². The van der Waals surface area contributed by atoms with Crippen LogP contribution in [0.2, 0.25) is 0 Å². The van der Waals surface area contributed by atoms with Gasteiger partial charge in [0.1, 0.15) is 0 Å². The molecule has 6 nitrogen and oxygen atoms in total. The topological polar surface area (TPSA) is 64.7 Å². The first kappa shape index (κ1) is 23.2. The lowest BCUT2D eigenvalue weighted by Gasteiger charge is -2.33. The molecular weight excluding hydrogens is 412 g/mol. The predicted octanol–water partition coefficient (Wildman–Crippen LogP) is 3.63. The van der Waals surface area contributed by atoms with Gasteiger partial charge < -0.3 is 10.6 Å². The Morgan fingerprint density at radius 3 is 2.30 bits per heavy atom. The molecule has 1 heterocycles. The molecular formula is C27H34N4O2. The molecule has 1 aliphatic carbocycles. The molecule has 2 aromatic rings. The smallest absolute Gasteiger partial charge is 0.253 e. The number of carbonyl (C=O) groups is 2. The van der Waals surface area contributed by atoms with Crippen LogP contribution in [0.1, 0.15) is 41.6 Å². The van der Waals surface area contributed by atoms with E-state index < -0.39 is 0 Å². The maximum atomic E-state index is 12.7. The summed E-state index contributed by atoms with van der Waals surface area (Å²) in [4.78, 5) is 30.0. The van der Waals surface area contributed by atoms with E-state index in [0.29, 0.717) is 17.8 Å². The molecule has 1 saturated carbocycles. The monoisotopic (exact) mass is 446 g/mol. The fraction of sp³-hybridized carbons (Fsp3) is 0.407. The highest BCUT2D eigenvalue weighted by Crippen LogP contribution is 2.20. The normalized spacial score (nSPS) is 17.9. The molecule has 2 aliphatic rings. The first-order chi connectivity index (χ1) is 16.2. The molecule has 0 unspecified atom stereocenters. The predicted molar refractivity (Wildman–Crippen MR) is 133 cm³/mol. The van der Waals surface area contributed by atoms with Crippen molar-refractivity contribution in [1.82, 2.24) is 15.1 Å². The highest BCUT2D eigenvalue weighted by molar-refractivity contribution is 6.04. The summed E-state index contributed by atoms with van der Waals surface area (Å²) in [6.07, 6.45) is 8.76. The van der Waals surface area contributed by atoms with Gasteiger partial charge in [0.05, 0.1) is 17.8 Å². The molecule has 33 heavy (non-hydrogen) atoms. The molecule has 0 radical (unpaired) electrons. The highest BCUT2D eigenvalue weighted by atomic mass is 16.2. The van der Waals surface area contributed by atoms with Crippen LogP contribution in [-0.2, 0) is 4.79 Å². The highest BCUT2D eigenvalue weighted by Gasteiger charge is 2.21. The summed E-state index contributed by atoms with van der Waals surface area (Å²) in [5.41, 5.74) is 2.33. The molecule has 6 heteroatoms. The lowest BCUT2D eigenvalue weighted by atomic mass is 10.1. The standard InChI is InChI=1S/C27H34N4O2/c32-26(29-25-15-7-6-14-24(25)27(33)28-23-12-4-5-13-23)21-31-19-17-30(18-20-31)16-8-11-22-9-2-1-3-10-22/h1-3,6-11,14-15,23H,4-5,12-13,16-21H2,(H,28,33)(H,29,32)/b11-8+. The van der Waals surface area contributed by atoms with E-state index in [1.54, 1.807) is 12.1 Å². The fourth-order valence-corrected chi connectivity index (χ4v) is 4.55. The van der Waals surface area contributed by atoms with Gasteiger partial charge in [0.15, 0.2) is 0 Å². The summed E-state index contributed by atoms with van der Waals surface area (Å²) >= 11 is 0. The van der Waals surface area contributed by atoms with E-state index in [2.05, 4.69) is 44.7 Å². The van der Waals surface area contributed by atoms with E-state index in [0.717, 1.165) is 45.6 Å². The molecule has 2 fully saturated rings. The van der Waals surface area contributed by atoms with Gasteiger partial charge in [0.2, 0.25) is 5.91 Å². The Balaban J connectivity index is 1.22. The summed E-state index contributed by atoms with van der Waals surface area (Å²) in [6.45, 7) is 4.84. The molecule has 2 aromatic carbocycles. The Morgan fingerprint density at radius 1 is 0.879 bits per heavy atom. The summed E-state index contributed by atoms with van der Waals surface area (Å²) < 4.78 is 0. The Morgan fingerprint density at radius 2 is 1.55 bits per heavy atom. The molecule has 0 bridgehead atoms. The second-order valence-electron chi connectivity index (χ2n) is 8.94. The minimum absolute atomic E-state index is 0.0754. The van der Waals surface area contributed by atoms with Gasteiger partial charge in [-0.3, -0.25) is 19.4 Å². The average molecular weight is 447 g/mol. The maximum Gasteiger partial charge on any atom is 0.253 e. The van der Waals surface area contributed by atoms with Gasteiger partial charge in [0, 0.05) is 38.8 Å². The summed E-state index contributed by atoms with van der Waals surface area (Å²) in [7, 11) is 0. The second kappa shape index (κ2) is 11.8. The molecule has 1 saturated heterocycles. The van der Waals surface area contributed by atoms with Crippen molar-refractivity contribution in [3.8, 4) is 0 Å². The Labute approximate surface area is 196 Å². The summed E-state index contributed by atoms with van der Waals surface area (Å²) in [5.74, 6) is -0.177. The zero-order chi connectivity index (χ0) is 22.9. The molecule has 4 rings (SSSR count). The van der Waals surface area contributed by atoms with E-state index in [9.17, 15) is 9.59 Å². The van der Waals surface area contributed by atoms with Crippen molar-refractivity contribution in [3.05, 3.63) is 71.8 Å². The zero-order valence-electron chi connectivity index (χ0n) is 19.2. The maximum absolute atomic E-state index is 12.7. The molecule has 1 aliphatic heterocycles. The molecule has 2 N–H and O–H groups in total. The van der Waals surface area contributed by atoms with Crippen LogP contribution in [0.15, 0.2) is 60.7 Å². The van der Waals surface area contributed by atoms with E-state index >= 15 is 0 Å². The number of benzene rings is 2. The number of piperazine rings is 1. The van der Waals surface area contributed by atoms with Crippen LogP contribution in [0, 0.1) is 0 Å².